The molecule has 0 aliphatic carbocycles. The van der Waals surface area contributed by atoms with Gasteiger partial charge in [0.1, 0.15) is 5.75 Å². The van der Waals surface area contributed by atoms with Gasteiger partial charge in [0, 0.05) is 30.4 Å². The lowest BCUT2D eigenvalue weighted by Gasteiger charge is -2.44. The van der Waals surface area contributed by atoms with E-state index in [4.69, 9.17) is 4.74 Å². The highest BCUT2D eigenvalue weighted by Crippen LogP contribution is 2.24. The van der Waals surface area contributed by atoms with Crippen LogP contribution in [0.3, 0.4) is 0 Å². The Kier molecular flexibility index (Phi) is 4.32. The molecule has 19 heavy (non-hydrogen) atoms. The van der Waals surface area contributed by atoms with Gasteiger partial charge < -0.3 is 20.1 Å². The first-order valence-electron chi connectivity index (χ1n) is 6.90. The largest absolute Gasteiger partial charge is 0.494 e. The van der Waals surface area contributed by atoms with Gasteiger partial charge >= 0.3 is 0 Å². The summed E-state index contributed by atoms with van der Waals surface area (Å²) >= 11 is 0. The molecule has 0 radical (unpaired) electrons. The summed E-state index contributed by atoms with van der Waals surface area (Å²) in [5.41, 5.74) is 1.18. The van der Waals surface area contributed by atoms with Crippen LogP contribution in [0.1, 0.15) is 20.8 Å². The van der Waals surface area contributed by atoms with Crippen molar-refractivity contribution in [2.75, 3.05) is 31.2 Å². The van der Waals surface area contributed by atoms with E-state index in [2.05, 4.69) is 36.2 Å². The Morgan fingerprint density at radius 1 is 1.37 bits per heavy atom. The predicted molar refractivity (Wildman–Crippen MR) is 77.9 cm³/mol. The Balaban J connectivity index is 2.11. The van der Waals surface area contributed by atoms with Crippen LogP contribution in [0.25, 0.3) is 0 Å². The number of hydrogen-bond donors (Lipinski definition) is 2. The van der Waals surface area contributed by atoms with Crippen molar-refractivity contribution in [3.05, 3.63) is 24.3 Å². The molecule has 106 valence electrons. The van der Waals surface area contributed by atoms with Crippen LogP contribution in [-0.2, 0) is 0 Å². The molecule has 1 fully saturated rings. The Labute approximate surface area is 115 Å². The molecule has 1 aliphatic rings. The second kappa shape index (κ2) is 5.80. The van der Waals surface area contributed by atoms with E-state index in [1.54, 1.807) is 0 Å². The van der Waals surface area contributed by atoms with Crippen molar-refractivity contribution in [3.63, 3.8) is 0 Å². The lowest BCUT2D eigenvalue weighted by molar-refractivity contribution is 0.191. The van der Waals surface area contributed by atoms with Crippen LogP contribution in [0.2, 0.25) is 0 Å². The lowest BCUT2D eigenvalue weighted by Crippen LogP contribution is -2.63. The van der Waals surface area contributed by atoms with E-state index in [1.807, 2.05) is 19.1 Å². The van der Waals surface area contributed by atoms with Crippen molar-refractivity contribution in [1.29, 1.82) is 0 Å². The van der Waals surface area contributed by atoms with Crippen LogP contribution in [0, 0.1) is 0 Å². The fourth-order valence-electron chi connectivity index (χ4n) is 2.67. The van der Waals surface area contributed by atoms with E-state index in [-0.39, 0.29) is 18.2 Å². The number of hydrogen-bond acceptors (Lipinski definition) is 4. The summed E-state index contributed by atoms with van der Waals surface area (Å²) in [5, 5.41) is 12.9. The van der Waals surface area contributed by atoms with Crippen molar-refractivity contribution in [2.45, 2.75) is 32.4 Å². The molecule has 0 saturated carbocycles. The highest BCUT2D eigenvalue weighted by molar-refractivity contribution is 5.50. The van der Waals surface area contributed by atoms with Gasteiger partial charge in [-0.05, 0) is 45.0 Å². The van der Waals surface area contributed by atoms with Crippen molar-refractivity contribution < 1.29 is 9.84 Å². The number of anilines is 1. The molecule has 0 amide bonds. The van der Waals surface area contributed by atoms with Gasteiger partial charge in [-0.2, -0.15) is 0 Å². The maximum atomic E-state index is 9.39. The average molecular weight is 264 g/mol. The van der Waals surface area contributed by atoms with Crippen molar-refractivity contribution in [3.8, 4) is 5.75 Å². The monoisotopic (exact) mass is 264 g/mol. The first-order valence-corrected chi connectivity index (χ1v) is 6.90. The lowest BCUT2D eigenvalue weighted by atomic mass is 9.98. The minimum absolute atomic E-state index is 0.00420. The second-order valence-corrected chi connectivity index (χ2v) is 5.72. The quantitative estimate of drug-likeness (QED) is 0.867. The summed E-state index contributed by atoms with van der Waals surface area (Å²) in [6.07, 6.45) is 0. The zero-order chi connectivity index (χ0) is 13.9. The molecule has 1 aromatic carbocycles. The molecule has 4 nitrogen and oxygen atoms in total. The van der Waals surface area contributed by atoms with E-state index < -0.39 is 0 Å². The standard InChI is InChI=1S/C15H24N2O2/c1-4-19-14-7-5-13(6-8-14)17-9-12(10-18)16-15(2,3)11-17/h5-8,12,16,18H,4,9-11H2,1-3H3. The van der Waals surface area contributed by atoms with Gasteiger partial charge in [-0.1, -0.05) is 0 Å². The smallest absolute Gasteiger partial charge is 0.119 e. The summed E-state index contributed by atoms with van der Waals surface area (Å²) in [6, 6.07) is 8.29. The Morgan fingerprint density at radius 2 is 2.05 bits per heavy atom. The van der Waals surface area contributed by atoms with Gasteiger partial charge in [0.15, 0.2) is 0 Å². The first kappa shape index (κ1) is 14.2. The SMILES string of the molecule is CCOc1ccc(N2CC(CO)NC(C)(C)C2)cc1. The minimum Gasteiger partial charge on any atom is -0.494 e. The summed E-state index contributed by atoms with van der Waals surface area (Å²) in [7, 11) is 0. The van der Waals surface area contributed by atoms with E-state index in [0.717, 1.165) is 18.8 Å². The minimum atomic E-state index is 0.00420. The van der Waals surface area contributed by atoms with Gasteiger partial charge in [0.25, 0.3) is 0 Å². The molecule has 1 atom stereocenters. The molecule has 1 saturated heterocycles. The number of rotatable bonds is 4. The third-order valence-corrected chi connectivity index (χ3v) is 3.36. The molecule has 4 heteroatoms. The van der Waals surface area contributed by atoms with Crippen molar-refractivity contribution in [2.24, 2.45) is 0 Å². The Hall–Kier alpha value is -1.26. The summed E-state index contributed by atoms with van der Waals surface area (Å²) in [4.78, 5) is 2.31. The predicted octanol–water partition coefficient (Wildman–Crippen LogP) is 1.63. The summed E-state index contributed by atoms with van der Waals surface area (Å²) in [6.45, 7) is 8.92. The van der Waals surface area contributed by atoms with Crippen molar-refractivity contribution in [1.82, 2.24) is 5.32 Å². The van der Waals surface area contributed by atoms with Crippen LogP contribution in [0.4, 0.5) is 5.69 Å². The number of piperazine rings is 1. The Bertz CT molecular complexity index is 403. The number of nitrogens with one attached hydrogen (secondary N) is 1. The molecule has 1 aliphatic heterocycles. The van der Waals surface area contributed by atoms with Gasteiger partial charge in [-0.25, -0.2) is 0 Å². The number of aliphatic hydroxyl groups is 1. The van der Waals surface area contributed by atoms with Gasteiger partial charge in [-0.15, -0.1) is 0 Å². The van der Waals surface area contributed by atoms with E-state index in [1.165, 1.54) is 5.69 Å². The van der Waals surface area contributed by atoms with Crippen LogP contribution >= 0.6 is 0 Å². The van der Waals surface area contributed by atoms with Gasteiger partial charge in [0.05, 0.1) is 13.2 Å². The van der Waals surface area contributed by atoms with Crippen molar-refractivity contribution >= 4 is 5.69 Å². The second-order valence-electron chi connectivity index (χ2n) is 5.72. The fraction of sp³-hybridized carbons (Fsp3) is 0.600. The van der Waals surface area contributed by atoms with E-state index >= 15 is 0 Å². The number of benzene rings is 1. The van der Waals surface area contributed by atoms with Crippen LogP contribution in [0.15, 0.2) is 24.3 Å². The fourth-order valence-corrected chi connectivity index (χ4v) is 2.67. The topological polar surface area (TPSA) is 44.7 Å². The molecule has 2 rings (SSSR count). The maximum absolute atomic E-state index is 9.39. The maximum Gasteiger partial charge on any atom is 0.119 e. The zero-order valence-corrected chi connectivity index (χ0v) is 12.0. The van der Waals surface area contributed by atoms with Gasteiger partial charge in [-0.3, -0.25) is 0 Å². The molecule has 0 bridgehead atoms. The Morgan fingerprint density at radius 3 is 2.63 bits per heavy atom. The highest BCUT2D eigenvalue weighted by atomic mass is 16.5. The van der Waals surface area contributed by atoms with Crippen LogP contribution in [0.5, 0.6) is 5.75 Å². The molecular formula is C15H24N2O2. The number of ether oxygens (including phenoxy) is 1. The van der Waals surface area contributed by atoms with E-state index in [9.17, 15) is 5.11 Å². The first-order chi connectivity index (χ1) is 9.04. The molecule has 1 heterocycles. The number of aliphatic hydroxyl groups excluding tert-OH is 1. The molecule has 1 aromatic rings. The third-order valence-electron chi connectivity index (χ3n) is 3.36. The third kappa shape index (κ3) is 3.61. The van der Waals surface area contributed by atoms with E-state index in [0.29, 0.717) is 6.61 Å². The van der Waals surface area contributed by atoms with Crippen LogP contribution < -0.4 is 15.0 Å². The van der Waals surface area contributed by atoms with Gasteiger partial charge in [0.2, 0.25) is 0 Å². The summed E-state index contributed by atoms with van der Waals surface area (Å²) in [5.74, 6) is 0.902. The summed E-state index contributed by atoms with van der Waals surface area (Å²) < 4.78 is 5.46. The number of nitrogens with zero attached hydrogens (tertiary/aromatic N) is 1. The molecular weight excluding hydrogens is 240 g/mol. The molecule has 0 spiro atoms. The normalized spacial score (nSPS) is 22.3. The highest BCUT2D eigenvalue weighted by Gasteiger charge is 2.31. The molecule has 0 aromatic heterocycles. The average Bonchev–Trinajstić information content (AvgIpc) is 2.38. The molecule has 2 N–H and O–H groups in total. The molecule has 1 unspecified atom stereocenters. The van der Waals surface area contributed by atoms with Crippen LogP contribution in [-0.4, -0.2) is 43.0 Å². The zero-order valence-electron chi connectivity index (χ0n) is 12.0.